The van der Waals surface area contributed by atoms with Crippen LogP contribution in [-0.2, 0) is 16.6 Å². The second kappa shape index (κ2) is 6.59. The Balaban J connectivity index is 2.01. The summed E-state index contributed by atoms with van der Waals surface area (Å²) in [5, 5.41) is 3.17. The largest absolute Gasteiger partial charge is 0.454 e. The predicted molar refractivity (Wildman–Crippen MR) is 86.1 cm³/mol. The SMILES string of the molecule is CCNS(=O)(=O)c1ccc(NCc2ccc(I)o2)cc1. The minimum Gasteiger partial charge on any atom is -0.454 e. The van der Waals surface area contributed by atoms with Gasteiger partial charge in [0.25, 0.3) is 0 Å². The molecule has 7 heteroatoms. The van der Waals surface area contributed by atoms with Gasteiger partial charge in [-0.05, 0) is 59.0 Å². The highest BCUT2D eigenvalue weighted by atomic mass is 127. The summed E-state index contributed by atoms with van der Waals surface area (Å²) in [4.78, 5) is 0.262. The third-order valence-corrected chi connectivity index (χ3v) is 4.74. The summed E-state index contributed by atoms with van der Waals surface area (Å²) in [6.07, 6.45) is 0. The summed E-state index contributed by atoms with van der Waals surface area (Å²) in [5.41, 5.74) is 0.840. The number of rotatable bonds is 6. The average molecular weight is 406 g/mol. The topological polar surface area (TPSA) is 71.3 Å². The van der Waals surface area contributed by atoms with E-state index in [1.165, 1.54) is 0 Å². The van der Waals surface area contributed by atoms with Gasteiger partial charge in [0.2, 0.25) is 10.0 Å². The van der Waals surface area contributed by atoms with Crippen molar-refractivity contribution in [1.29, 1.82) is 0 Å². The Kier molecular flexibility index (Phi) is 5.06. The molecular formula is C13H15IN2O3S. The third kappa shape index (κ3) is 3.97. The molecule has 0 aliphatic rings. The molecule has 0 bridgehead atoms. The zero-order chi connectivity index (χ0) is 14.6. The quantitative estimate of drug-likeness (QED) is 0.724. The highest BCUT2D eigenvalue weighted by Crippen LogP contribution is 2.16. The molecule has 2 N–H and O–H groups in total. The van der Waals surface area contributed by atoms with Gasteiger partial charge in [0.1, 0.15) is 5.76 Å². The molecule has 1 aromatic heterocycles. The zero-order valence-corrected chi connectivity index (χ0v) is 13.9. The van der Waals surface area contributed by atoms with E-state index >= 15 is 0 Å². The molecule has 2 rings (SSSR count). The van der Waals surface area contributed by atoms with E-state index in [0.29, 0.717) is 13.1 Å². The first kappa shape index (κ1) is 15.3. The van der Waals surface area contributed by atoms with Crippen LogP contribution in [0.25, 0.3) is 0 Å². The highest BCUT2D eigenvalue weighted by Gasteiger charge is 2.11. The highest BCUT2D eigenvalue weighted by molar-refractivity contribution is 14.1. The summed E-state index contributed by atoms with van der Waals surface area (Å²) in [7, 11) is -3.39. The van der Waals surface area contributed by atoms with Gasteiger partial charge in [-0.2, -0.15) is 0 Å². The predicted octanol–water partition coefficient (Wildman–Crippen LogP) is 2.79. The molecule has 0 unspecified atom stereocenters. The van der Waals surface area contributed by atoms with Gasteiger partial charge in [-0.25, -0.2) is 13.1 Å². The second-order valence-electron chi connectivity index (χ2n) is 4.09. The number of sulfonamides is 1. The summed E-state index contributed by atoms with van der Waals surface area (Å²) >= 11 is 2.11. The fourth-order valence-electron chi connectivity index (χ4n) is 1.66. The van der Waals surface area contributed by atoms with Crippen LogP contribution in [0.15, 0.2) is 45.7 Å². The van der Waals surface area contributed by atoms with E-state index in [-0.39, 0.29) is 4.90 Å². The maximum absolute atomic E-state index is 11.8. The molecule has 0 aliphatic heterocycles. The van der Waals surface area contributed by atoms with E-state index in [1.54, 1.807) is 31.2 Å². The van der Waals surface area contributed by atoms with Crippen molar-refractivity contribution < 1.29 is 12.8 Å². The molecule has 0 saturated heterocycles. The lowest BCUT2D eigenvalue weighted by molar-refractivity contribution is 0.493. The van der Waals surface area contributed by atoms with E-state index in [4.69, 9.17) is 4.42 Å². The van der Waals surface area contributed by atoms with E-state index in [2.05, 4.69) is 32.6 Å². The van der Waals surface area contributed by atoms with E-state index in [9.17, 15) is 8.42 Å². The van der Waals surface area contributed by atoms with Crippen molar-refractivity contribution in [2.45, 2.75) is 18.4 Å². The van der Waals surface area contributed by atoms with Crippen LogP contribution in [0.3, 0.4) is 0 Å². The number of benzene rings is 1. The fourth-order valence-corrected chi connectivity index (χ4v) is 3.16. The van der Waals surface area contributed by atoms with Gasteiger partial charge in [0.15, 0.2) is 3.77 Å². The van der Waals surface area contributed by atoms with Crippen LogP contribution in [0.4, 0.5) is 5.69 Å². The first-order chi connectivity index (χ1) is 9.51. The van der Waals surface area contributed by atoms with Gasteiger partial charge >= 0.3 is 0 Å². The summed E-state index contributed by atoms with van der Waals surface area (Å²) < 4.78 is 32.3. The smallest absolute Gasteiger partial charge is 0.240 e. The van der Waals surface area contributed by atoms with Crippen LogP contribution >= 0.6 is 22.6 Å². The zero-order valence-electron chi connectivity index (χ0n) is 10.9. The summed E-state index contributed by atoms with van der Waals surface area (Å²) in [5.74, 6) is 0.832. The summed E-state index contributed by atoms with van der Waals surface area (Å²) in [6, 6.07) is 10.4. The Hall–Kier alpha value is -1.06. The minimum atomic E-state index is -3.39. The van der Waals surface area contributed by atoms with Gasteiger partial charge < -0.3 is 9.73 Å². The number of furan rings is 1. The summed E-state index contributed by atoms with van der Waals surface area (Å²) in [6.45, 7) is 2.68. The molecule has 1 heterocycles. The average Bonchev–Trinajstić information content (AvgIpc) is 2.83. The van der Waals surface area contributed by atoms with E-state index in [0.717, 1.165) is 15.2 Å². The molecule has 0 amide bonds. The van der Waals surface area contributed by atoms with Gasteiger partial charge in [-0.15, -0.1) is 0 Å². The molecule has 1 aromatic carbocycles. The van der Waals surface area contributed by atoms with Crippen LogP contribution < -0.4 is 10.0 Å². The lowest BCUT2D eigenvalue weighted by Crippen LogP contribution is -2.23. The molecule has 2 aromatic rings. The van der Waals surface area contributed by atoms with Crippen LogP contribution in [0, 0.1) is 3.77 Å². The number of hydrogen-bond acceptors (Lipinski definition) is 4. The maximum Gasteiger partial charge on any atom is 0.240 e. The Morgan fingerprint density at radius 2 is 1.85 bits per heavy atom. The Labute approximate surface area is 131 Å². The first-order valence-corrected chi connectivity index (χ1v) is 8.65. The van der Waals surface area contributed by atoms with Crippen molar-refractivity contribution in [3.8, 4) is 0 Å². The molecular weight excluding hydrogens is 391 g/mol. The van der Waals surface area contributed by atoms with Crippen LogP contribution in [0.1, 0.15) is 12.7 Å². The van der Waals surface area contributed by atoms with E-state index < -0.39 is 10.0 Å². The molecule has 5 nitrogen and oxygen atoms in total. The van der Waals surface area contributed by atoms with Crippen LogP contribution in [-0.4, -0.2) is 15.0 Å². The third-order valence-electron chi connectivity index (χ3n) is 2.59. The molecule has 20 heavy (non-hydrogen) atoms. The first-order valence-electron chi connectivity index (χ1n) is 6.09. The Bertz CT molecular complexity index is 665. The number of nitrogens with one attached hydrogen (secondary N) is 2. The lowest BCUT2D eigenvalue weighted by Gasteiger charge is -2.07. The molecule has 108 valence electrons. The lowest BCUT2D eigenvalue weighted by atomic mass is 10.3. The number of hydrogen-bond donors (Lipinski definition) is 2. The maximum atomic E-state index is 11.8. The van der Waals surface area contributed by atoms with E-state index in [1.807, 2.05) is 12.1 Å². The second-order valence-corrected chi connectivity index (χ2v) is 6.92. The van der Waals surface area contributed by atoms with Crippen molar-refractivity contribution in [2.75, 3.05) is 11.9 Å². The fraction of sp³-hybridized carbons (Fsp3) is 0.231. The molecule has 0 saturated carbocycles. The number of anilines is 1. The van der Waals surface area contributed by atoms with Crippen LogP contribution in [0.2, 0.25) is 0 Å². The molecule has 0 aliphatic carbocycles. The van der Waals surface area contributed by atoms with Crippen molar-refractivity contribution in [3.63, 3.8) is 0 Å². The Morgan fingerprint density at radius 1 is 1.15 bits per heavy atom. The minimum absolute atomic E-state index is 0.262. The van der Waals surface area contributed by atoms with Gasteiger partial charge in [-0.1, -0.05) is 6.92 Å². The Morgan fingerprint density at radius 3 is 2.40 bits per heavy atom. The normalized spacial score (nSPS) is 11.5. The van der Waals surface area contributed by atoms with Gasteiger partial charge in [0.05, 0.1) is 11.4 Å². The van der Waals surface area contributed by atoms with Crippen LogP contribution in [0.5, 0.6) is 0 Å². The van der Waals surface area contributed by atoms with Crippen molar-refractivity contribution >= 4 is 38.3 Å². The van der Waals surface area contributed by atoms with Gasteiger partial charge in [-0.3, -0.25) is 0 Å². The number of halogens is 1. The molecule has 0 spiro atoms. The van der Waals surface area contributed by atoms with Gasteiger partial charge in [0, 0.05) is 12.2 Å². The monoisotopic (exact) mass is 406 g/mol. The van der Waals surface area contributed by atoms with Crippen molar-refractivity contribution in [1.82, 2.24) is 4.72 Å². The molecule has 0 atom stereocenters. The molecule has 0 radical (unpaired) electrons. The van der Waals surface area contributed by atoms with Crippen molar-refractivity contribution in [2.24, 2.45) is 0 Å². The molecule has 0 fully saturated rings. The van der Waals surface area contributed by atoms with Crippen molar-refractivity contribution in [3.05, 3.63) is 45.9 Å². The standard InChI is InChI=1S/C13H15IN2O3S/c1-2-16-20(17,18)12-6-3-10(4-7-12)15-9-11-5-8-13(14)19-11/h3-8,15-16H,2,9H2,1H3.